The minimum Gasteiger partial charge on any atom is -0.354 e. The number of hydrogen-bond acceptors (Lipinski definition) is 3. The molecular weight excluding hydrogens is 162 g/mol. The highest BCUT2D eigenvalue weighted by molar-refractivity contribution is 8.03. The molecule has 0 aromatic rings. The van der Waals surface area contributed by atoms with Crippen LogP contribution in [0.25, 0.3) is 0 Å². The van der Waals surface area contributed by atoms with Gasteiger partial charge >= 0.3 is 0 Å². The Bertz CT molecular complexity index is 167. The summed E-state index contributed by atoms with van der Waals surface area (Å²) >= 11 is 3.95. The van der Waals surface area contributed by atoms with Crippen molar-refractivity contribution in [2.75, 3.05) is 18.6 Å². The highest BCUT2D eigenvalue weighted by atomic mass is 32.2. The molecule has 3 heteroatoms. The summed E-state index contributed by atoms with van der Waals surface area (Å²) in [4.78, 5) is 2.50. The Labute approximate surface area is 70.2 Å². The van der Waals surface area contributed by atoms with Gasteiger partial charge in [0.2, 0.25) is 0 Å². The average Bonchev–Trinajstić information content (AvgIpc) is 1.91. The standard InChI is InChI=1S/C7H11NS2/c1-9-6-3-5-10-7-2-4-8(6)7/h3,7H,2,4-5H2,1H3. The summed E-state index contributed by atoms with van der Waals surface area (Å²) in [6.45, 7) is 1.28. The zero-order valence-corrected chi connectivity index (χ0v) is 7.67. The van der Waals surface area contributed by atoms with Crippen LogP contribution >= 0.6 is 23.5 Å². The summed E-state index contributed by atoms with van der Waals surface area (Å²) in [5, 5.41) is 2.32. The topological polar surface area (TPSA) is 3.24 Å². The van der Waals surface area contributed by atoms with E-state index in [2.05, 4.69) is 29.0 Å². The van der Waals surface area contributed by atoms with Gasteiger partial charge in [0.1, 0.15) is 0 Å². The molecule has 0 aromatic carbocycles. The largest absolute Gasteiger partial charge is 0.354 e. The minimum atomic E-state index is 0.826. The van der Waals surface area contributed by atoms with Gasteiger partial charge in [0.25, 0.3) is 0 Å². The van der Waals surface area contributed by atoms with E-state index in [0.29, 0.717) is 0 Å². The Kier molecular flexibility index (Phi) is 1.87. The summed E-state index contributed by atoms with van der Waals surface area (Å²) in [5.74, 6) is 1.22. The lowest BCUT2D eigenvalue weighted by molar-refractivity contribution is 0.223. The van der Waals surface area contributed by atoms with E-state index >= 15 is 0 Å². The lowest BCUT2D eigenvalue weighted by atomic mass is 10.2. The second-order valence-electron chi connectivity index (χ2n) is 2.52. The van der Waals surface area contributed by atoms with Crippen molar-refractivity contribution < 1.29 is 0 Å². The molecule has 0 amide bonds. The first-order chi connectivity index (χ1) is 4.92. The molecular formula is C7H11NS2. The zero-order valence-electron chi connectivity index (χ0n) is 6.04. The molecule has 56 valence electrons. The predicted molar refractivity (Wildman–Crippen MR) is 49.2 cm³/mol. The van der Waals surface area contributed by atoms with E-state index in [1.165, 1.54) is 23.7 Å². The van der Waals surface area contributed by atoms with E-state index < -0.39 is 0 Å². The normalized spacial score (nSPS) is 30.7. The smallest absolute Gasteiger partial charge is 0.0775 e. The fourth-order valence-corrected chi connectivity index (χ4v) is 3.36. The molecule has 0 aliphatic carbocycles. The van der Waals surface area contributed by atoms with Crippen LogP contribution < -0.4 is 0 Å². The van der Waals surface area contributed by atoms with Crippen molar-refractivity contribution in [2.45, 2.75) is 11.8 Å². The van der Waals surface area contributed by atoms with Crippen LogP contribution in [-0.2, 0) is 0 Å². The Morgan fingerprint density at radius 1 is 1.80 bits per heavy atom. The average molecular weight is 173 g/mol. The predicted octanol–water partition coefficient (Wildman–Crippen LogP) is 1.97. The fourth-order valence-electron chi connectivity index (χ4n) is 1.34. The van der Waals surface area contributed by atoms with Crippen molar-refractivity contribution in [3.8, 4) is 0 Å². The first-order valence-electron chi connectivity index (χ1n) is 3.54. The summed E-state index contributed by atoms with van der Waals surface area (Å²) in [7, 11) is 0. The number of rotatable bonds is 1. The molecule has 0 bridgehead atoms. The first-order valence-corrected chi connectivity index (χ1v) is 5.81. The highest BCUT2D eigenvalue weighted by Gasteiger charge is 2.31. The molecule has 0 saturated carbocycles. The third-order valence-corrected chi connectivity index (χ3v) is 4.06. The van der Waals surface area contributed by atoms with Gasteiger partial charge in [-0.25, -0.2) is 0 Å². The van der Waals surface area contributed by atoms with Gasteiger partial charge in [0.05, 0.1) is 10.4 Å². The lowest BCUT2D eigenvalue weighted by Crippen LogP contribution is -2.45. The highest BCUT2D eigenvalue weighted by Crippen LogP contribution is 2.38. The maximum atomic E-state index is 2.50. The van der Waals surface area contributed by atoms with E-state index in [4.69, 9.17) is 0 Å². The summed E-state index contributed by atoms with van der Waals surface area (Å²) in [6.07, 6.45) is 5.89. The maximum Gasteiger partial charge on any atom is 0.0775 e. The Hall–Kier alpha value is 0.240. The molecule has 1 unspecified atom stereocenters. The number of hydrogen-bond donors (Lipinski definition) is 0. The number of thioether (sulfide) groups is 2. The van der Waals surface area contributed by atoms with Gasteiger partial charge in [-0.2, -0.15) is 0 Å². The molecule has 2 rings (SSSR count). The van der Waals surface area contributed by atoms with Crippen LogP contribution in [0.3, 0.4) is 0 Å². The Morgan fingerprint density at radius 2 is 2.70 bits per heavy atom. The van der Waals surface area contributed by atoms with Crippen molar-refractivity contribution in [3.05, 3.63) is 11.1 Å². The van der Waals surface area contributed by atoms with E-state index in [1.807, 2.05) is 11.8 Å². The minimum absolute atomic E-state index is 0.826. The van der Waals surface area contributed by atoms with Gasteiger partial charge in [0, 0.05) is 12.3 Å². The molecule has 1 nitrogen and oxygen atoms in total. The van der Waals surface area contributed by atoms with Crippen LogP contribution in [0.1, 0.15) is 6.42 Å². The molecule has 0 radical (unpaired) electrons. The van der Waals surface area contributed by atoms with E-state index in [1.54, 1.807) is 0 Å². The molecule has 0 spiro atoms. The van der Waals surface area contributed by atoms with Crippen LogP contribution in [0.15, 0.2) is 11.1 Å². The molecule has 2 aliphatic rings. The summed E-state index contributed by atoms with van der Waals surface area (Å²) in [6, 6.07) is 0. The molecule has 0 N–H and O–H groups in total. The van der Waals surface area contributed by atoms with Crippen LogP contribution in [0.4, 0.5) is 0 Å². The van der Waals surface area contributed by atoms with E-state index in [0.717, 1.165) is 5.37 Å². The van der Waals surface area contributed by atoms with Gasteiger partial charge in [0.15, 0.2) is 0 Å². The quantitative estimate of drug-likeness (QED) is 0.597. The summed E-state index contributed by atoms with van der Waals surface area (Å²) < 4.78 is 0. The fraction of sp³-hybridized carbons (Fsp3) is 0.714. The molecule has 0 aromatic heterocycles. The van der Waals surface area contributed by atoms with Gasteiger partial charge < -0.3 is 4.90 Å². The second-order valence-corrected chi connectivity index (χ2v) is 4.55. The summed E-state index contributed by atoms with van der Waals surface area (Å²) in [5.41, 5.74) is 0. The third kappa shape index (κ3) is 0.957. The van der Waals surface area contributed by atoms with Crippen LogP contribution in [0.5, 0.6) is 0 Å². The first kappa shape index (κ1) is 6.92. The van der Waals surface area contributed by atoms with Crippen molar-refractivity contribution >= 4 is 23.5 Å². The van der Waals surface area contributed by atoms with Crippen molar-refractivity contribution in [1.29, 1.82) is 0 Å². The van der Waals surface area contributed by atoms with E-state index in [-0.39, 0.29) is 0 Å². The second kappa shape index (κ2) is 2.70. The van der Waals surface area contributed by atoms with Crippen LogP contribution in [0.2, 0.25) is 0 Å². The van der Waals surface area contributed by atoms with Crippen molar-refractivity contribution in [3.63, 3.8) is 0 Å². The van der Waals surface area contributed by atoms with Gasteiger partial charge in [-0.05, 0) is 18.8 Å². The molecule has 1 atom stereocenters. The zero-order chi connectivity index (χ0) is 6.97. The monoisotopic (exact) mass is 173 g/mol. The molecule has 2 aliphatic heterocycles. The Morgan fingerprint density at radius 3 is 3.20 bits per heavy atom. The van der Waals surface area contributed by atoms with Crippen molar-refractivity contribution in [2.24, 2.45) is 0 Å². The van der Waals surface area contributed by atoms with Crippen LogP contribution in [-0.4, -0.2) is 28.8 Å². The number of fused-ring (bicyclic) bond motifs is 1. The SMILES string of the molecule is CSC1=CCSC2CCN12. The lowest BCUT2D eigenvalue weighted by Gasteiger charge is -2.45. The Balaban J connectivity index is 2.09. The van der Waals surface area contributed by atoms with Gasteiger partial charge in [-0.3, -0.25) is 0 Å². The number of nitrogens with zero attached hydrogens (tertiary/aromatic N) is 1. The van der Waals surface area contributed by atoms with Crippen molar-refractivity contribution in [1.82, 2.24) is 4.90 Å². The van der Waals surface area contributed by atoms with E-state index in [9.17, 15) is 0 Å². The maximum absolute atomic E-state index is 2.50. The molecule has 1 saturated heterocycles. The molecule has 10 heavy (non-hydrogen) atoms. The van der Waals surface area contributed by atoms with Crippen LogP contribution in [0, 0.1) is 0 Å². The van der Waals surface area contributed by atoms with Gasteiger partial charge in [-0.15, -0.1) is 23.5 Å². The third-order valence-electron chi connectivity index (χ3n) is 2.00. The van der Waals surface area contributed by atoms with Gasteiger partial charge in [-0.1, -0.05) is 0 Å². The molecule has 1 fully saturated rings. The molecule has 2 heterocycles.